The lowest BCUT2D eigenvalue weighted by Gasteiger charge is -2.00. The Morgan fingerprint density at radius 2 is 2.31 bits per heavy atom. The van der Waals surface area contributed by atoms with E-state index < -0.39 is 0 Å². The summed E-state index contributed by atoms with van der Waals surface area (Å²) in [7, 11) is 0. The fraction of sp³-hybridized carbons (Fsp3) is 0.300. The highest BCUT2D eigenvalue weighted by Gasteiger charge is 2.07. The molecule has 16 heavy (non-hydrogen) atoms. The third kappa shape index (κ3) is 2.30. The standard InChI is InChI=1S/C10H10ClN3O2/c1-2-15-8-4-3-7(6-12-8)10-13-9(5-11)16-14-10/h3-4,6H,2,5H2,1H3. The lowest BCUT2D eigenvalue weighted by Crippen LogP contribution is -1.94. The summed E-state index contributed by atoms with van der Waals surface area (Å²) in [6.45, 7) is 2.49. The predicted octanol–water partition coefficient (Wildman–Crippen LogP) is 2.27. The number of aromatic nitrogens is 3. The minimum atomic E-state index is 0.206. The summed E-state index contributed by atoms with van der Waals surface area (Å²) in [5, 5.41) is 3.78. The van der Waals surface area contributed by atoms with Gasteiger partial charge in [-0.15, -0.1) is 11.6 Å². The van der Waals surface area contributed by atoms with Crippen molar-refractivity contribution in [2.45, 2.75) is 12.8 Å². The van der Waals surface area contributed by atoms with Crippen LogP contribution >= 0.6 is 11.6 Å². The summed E-state index contributed by atoms with van der Waals surface area (Å²) >= 11 is 5.56. The highest BCUT2D eigenvalue weighted by atomic mass is 35.5. The molecule has 0 fully saturated rings. The van der Waals surface area contributed by atoms with Gasteiger partial charge in [0, 0.05) is 17.8 Å². The van der Waals surface area contributed by atoms with Gasteiger partial charge in [0.2, 0.25) is 17.6 Å². The fourth-order valence-corrected chi connectivity index (χ4v) is 1.28. The van der Waals surface area contributed by atoms with Crippen LogP contribution in [-0.2, 0) is 5.88 Å². The molecule has 0 aliphatic carbocycles. The predicted molar refractivity (Wildman–Crippen MR) is 58.3 cm³/mol. The van der Waals surface area contributed by atoms with Gasteiger partial charge in [-0.1, -0.05) is 5.16 Å². The van der Waals surface area contributed by atoms with Crippen molar-refractivity contribution in [2.24, 2.45) is 0 Å². The zero-order valence-corrected chi connectivity index (χ0v) is 9.44. The zero-order chi connectivity index (χ0) is 11.4. The van der Waals surface area contributed by atoms with Crippen LogP contribution in [-0.4, -0.2) is 21.7 Å². The van der Waals surface area contributed by atoms with E-state index in [-0.39, 0.29) is 5.88 Å². The first kappa shape index (κ1) is 10.9. The molecule has 0 aliphatic heterocycles. The highest BCUT2D eigenvalue weighted by Crippen LogP contribution is 2.17. The highest BCUT2D eigenvalue weighted by molar-refractivity contribution is 6.16. The molecule has 2 rings (SSSR count). The van der Waals surface area contributed by atoms with Gasteiger partial charge in [0.05, 0.1) is 6.61 Å². The summed E-state index contributed by atoms with van der Waals surface area (Å²) in [6, 6.07) is 3.58. The molecule has 6 heteroatoms. The van der Waals surface area contributed by atoms with Gasteiger partial charge in [-0.2, -0.15) is 4.98 Å². The number of rotatable bonds is 4. The molecule has 0 saturated heterocycles. The van der Waals surface area contributed by atoms with Crippen molar-refractivity contribution in [1.29, 1.82) is 0 Å². The Bertz CT molecular complexity index is 455. The lowest BCUT2D eigenvalue weighted by molar-refractivity contribution is 0.327. The number of hydrogen-bond acceptors (Lipinski definition) is 5. The summed E-state index contributed by atoms with van der Waals surface area (Å²) < 4.78 is 10.1. The van der Waals surface area contributed by atoms with Crippen molar-refractivity contribution in [3.63, 3.8) is 0 Å². The molecule has 0 aliphatic rings. The van der Waals surface area contributed by atoms with Gasteiger partial charge in [0.15, 0.2) is 0 Å². The van der Waals surface area contributed by atoms with E-state index in [4.69, 9.17) is 20.9 Å². The van der Waals surface area contributed by atoms with E-state index in [9.17, 15) is 0 Å². The second kappa shape index (κ2) is 4.94. The van der Waals surface area contributed by atoms with E-state index >= 15 is 0 Å². The molecule has 0 N–H and O–H groups in total. The van der Waals surface area contributed by atoms with Gasteiger partial charge in [-0.25, -0.2) is 4.98 Å². The van der Waals surface area contributed by atoms with Crippen LogP contribution < -0.4 is 4.74 Å². The average molecular weight is 240 g/mol. The van der Waals surface area contributed by atoms with Crippen molar-refractivity contribution in [1.82, 2.24) is 15.1 Å². The molecule has 0 amide bonds. The number of ether oxygens (including phenoxy) is 1. The number of hydrogen-bond donors (Lipinski definition) is 0. The van der Waals surface area contributed by atoms with E-state index in [1.165, 1.54) is 0 Å². The molecular formula is C10H10ClN3O2. The Kier molecular flexibility index (Phi) is 3.36. The van der Waals surface area contributed by atoms with E-state index in [1.54, 1.807) is 12.3 Å². The maximum absolute atomic E-state index is 5.56. The van der Waals surface area contributed by atoms with Crippen LogP contribution in [0, 0.1) is 0 Å². The molecule has 0 unspecified atom stereocenters. The van der Waals surface area contributed by atoms with Gasteiger partial charge >= 0.3 is 0 Å². The maximum Gasteiger partial charge on any atom is 0.241 e. The van der Waals surface area contributed by atoms with Gasteiger partial charge in [0.25, 0.3) is 0 Å². The van der Waals surface area contributed by atoms with Crippen molar-refractivity contribution in [3.8, 4) is 17.3 Å². The molecular weight excluding hydrogens is 230 g/mol. The minimum absolute atomic E-state index is 0.206. The van der Waals surface area contributed by atoms with Crippen molar-refractivity contribution in [3.05, 3.63) is 24.2 Å². The van der Waals surface area contributed by atoms with E-state index in [0.29, 0.717) is 24.2 Å². The Morgan fingerprint density at radius 1 is 1.44 bits per heavy atom. The van der Waals surface area contributed by atoms with E-state index in [1.807, 2.05) is 13.0 Å². The third-order valence-corrected chi connectivity index (χ3v) is 2.10. The summed E-state index contributed by atoms with van der Waals surface area (Å²) in [6.07, 6.45) is 1.63. The van der Waals surface area contributed by atoms with Crippen molar-refractivity contribution >= 4 is 11.6 Å². The molecule has 0 atom stereocenters. The second-order valence-corrected chi connectivity index (χ2v) is 3.23. The van der Waals surface area contributed by atoms with Crippen molar-refractivity contribution < 1.29 is 9.26 Å². The topological polar surface area (TPSA) is 61.0 Å². The molecule has 0 radical (unpaired) electrons. The minimum Gasteiger partial charge on any atom is -0.478 e. The summed E-state index contributed by atoms with van der Waals surface area (Å²) in [4.78, 5) is 8.19. The van der Waals surface area contributed by atoms with Gasteiger partial charge in [-0.05, 0) is 13.0 Å². The molecule has 2 aromatic rings. The van der Waals surface area contributed by atoms with Crippen LogP contribution in [0.1, 0.15) is 12.8 Å². The molecule has 0 spiro atoms. The lowest BCUT2D eigenvalue weighted by atomic mass is 10.3. The van der Waals surface area contributed by atoms with Crippen LogP contribution in [0.4, 0.5) is 0 Å². The quantitative estimate of drug-likeness (QED) is 0.766. The molecule has 0 saturated carbocycles. The van der Waals surface area contributed by atoms with Gasteiger partial charge in [0.1, 0.15) is 5.88 Å². The van der Waals surface area contributed by atoms with Gasteiger partial charge in [-0.3, -0.25) is 0 Å². The Morgan fingerprint density at radius 3 is 2.88 bits per heavy atom. The first-order valence-corrected chi connectivity index (χ1v) is 5.34. The Labute approximate surface area is 97.4 Å². The second-order valence-electron chi connectivity index (χ2n) is 2.96. The number of alkyl halides is 1. The third-order valence-electron chi connectivity index (χ3n) is 1.87. The summed E-state index contributed by atoms with van der Waals surface area (Å²) in [5.74, 6) is 1.65. The average Bonchev–Trinajstić information content (AvgIpc) is 2.79. The SMILES string of the molecule is CCOc1ccc(-c2noc(CCl)n2)cn1. The molecule has 5 nitrogen and oxygen atoms in total. The van der Waals surface area contributed by atoms with Crippen molar-refractivity contribution in [2.75, 3.05) is 6.61 Å². The normalized spacial score (nSPS) is 10.4. The van der Waals surface area contributed by atoms with Crippen LogP contribution in [0.15, 0.2) is 22.9 Å². The first-order valence-electron chi connectivity index (χ1n) is 4.81. The smallest absolute Gasteiger partial charge is 0.241 e. The Hall–Kier alpha value is -1.62. The van der Waals surface area contributed by atoms with Gasteiger partial charge < -0.3 is 9.26 Å². The fourth-order valence-electron chi connectivity index (χ4n) is 1.17. The summed E-state index contributed by atoms with van der Waals surface area (Å²) in [5.41, 5.74) is 0.767. The number of nitrogens with zero attached hydrogens (tertiary/aromatic N) is 3. The Balaban J connectivity index is 2.20. The van der Waals surface area contributed by atoms with Crippen LogP contribution in [0.5, 0.6) is 5.88 Å². The molecule has 2 aromatic heterocycles. The molecule has 2 heterocycles. The monoisotopic (exact) mass is 239 g/mol. The first-order chi connectivity index (χ1) is 7.83. The molecule has 0 aromatic carbocycles. The van der Waals surface area contributed by atoms with Crippen LogP contribution in [0.2, 0.25) is 0 Å². The largest absolute Gasteiger partial charge is 0.478 e. The van der Waals surface area contributed by atoms with E-state index in [0.717, 1.165) is 5.56 Å². The number of halogens is 1. The van der Waals surface area contributed by atoms with Crippen LogP contribution in [0.25, 0.3) is 11.4 Å². The van der Waals surface area contributed by atoms with E-state index in [2.05, 4.69) is 15.1 Å². The molecule has 0 bridgehead atoms. The maximum atomic E-state index is 5.56. The van der Waals surface area contributed by atoms with Crippen LogP contribution in [0.3, 0.4) is 0 Å². The molecule has 84 valence electrons. The zero-order valence-electron chi connectivity index (χ0n) is 8.68. The number of pyridine rings is 1.